The number of aromatic hydroxyl groups is 1. The van der Waals surface area contributed by atoms with E-state index in [2.05, 4.69) is 57.5 Å². The first-order valence-electron chi connectivity index (χ1n) is 25.8. The summed E-state index contributed by atoms with van der Waals surface area (Å²) in [5, 5.41) is 44.5. The van der Waals surface area contributed by atoms with Crippen molar-refractivity contribution < 1.29 is 53.2 Å². The van der Waals surface area contributed by atoms with E-state index >= 15 is 0 Å². The number of hydrogen-bond acceptors (Lipinski definition) is 17. The van der Waals surface area contributed by atoms with E-state index in [4.69, 9.17) is 9.47 Å². The number of amides is 8. The number of nitrogens with one attached hydrogen (secondary N) is 8. The second kappa shape index (κ2) is 27.6. The molecule has 0 fully saturated rings. The lowest BCUT2D eigenvalue weighted by Gasteiger charge is -2.22. The summed E-state index contributed by atoms with van der Waals surface area (Å²) in [7, 11) is 2.74. The lowest BCUT2D eigenvalue weighted by Crippen LogP contribution is -2.46. The fraction of sp³-hybridized carbons (Fsp3) is 0.228. The number of ether oxygens (including phenoxy) is 2. The van der Waals surface area contributed by atoms with Gasteiger partial charge in [0.05, 0.1) is 56.5 Å². The van der Waals surface area contributed by atoms with Crippen LogP contribution in [0.15, 0.2) is 146 Å². The zero-order valence-corrected chi connectivity index (χ0v) is 45.6. The first-order valence-corrected chi connectivity index (χ1v) is 26.6. The highest BCUT2D eigenvalue weighted by Gasteiger charge is 2.33. The van der Waals surface area contributed by atoms with Crippen LogP contribution in [0.4, 0.5) is 38.0 Å². The second-order valence-electron chi connectivity index (χ2n) is 18.3. The van der Waals surface area contributed by atoms with Crippen LogP contribution in [-0.4, -0.2) is 158 Å². The van der Waals surface area contributed by atoms with E-state index in [1.807, 2.05) is 30.3 Å². The van der Waals surface area contributed by atoms with Crippen molar-refractivity contribution in [2.75, 3.05) is 101 Å². The van der Waals surface area contributed by atoms with Gasteiger partial charge >= 0.3 is 18.0 Å². The SMILES string of the molecule is CCOC(=O)C1=C(O)/C(=C/c2ccc(OCCNC(=O)CN(C)C(=O)CN(C)C(=O)CNC(=O)c3cc(NC(=O)Nc4ccc(C5=NCCN5)cc4)cc(NC(=O)Nc4ccc(C5=NCCN5)cc4)c3)c(O)c2)SC1=Nc1ccccc1. The summed E-state index contributed by atoms with van der Waals surface area (Å²) >= 11 is 1.07. The topological polar surface area (TPSA) is 318 Å². The highest BCUT2D eigenvalue weighted by molar-refractivity contribution is 8.18. The van der Waals surface area contributed by atoms with Crippen molar-refractivity contribution in [2.24, 2.45) is 15.0 Å². The molecule has 24 nitrogen and oxygen atoms in total. The van der Waals surface area contributed by atoms with Crippen LogP contribution in [0.5, 0.6) is 11.5 Å². The van der Waals surface area contributed by atoms with Crippen molar-refractivity contribution >= 4 is 105 Å². The van der Waals surface area contributed by atoms with E-state index in [-0.39, 0.29) is 71.1 Å². The minimum atomic E-state index is -0.741. The lowest BCUT2D eigenvalue weighted by molar-refractivity contribution is -0.139. The number of amidine groups is 2. The molecule has 10 N–H and O–H groups in total. The van der Waals surface area contributed by atoms with Gasteiger partial charge in [-0.1, -0.05) is 36.0 Å². The molecule has 5 aromatic rings. The number of esters is 1. The minimum absolute atomic E-state index is 0.00393. The number of hydrogen-bond donors (Lipinski definition) is 10. The van der Waals surface area contributed by atoms with Gasteiger partial charge in [-0.15, -0.1) is 0 Å². The minimum Gasteiger partial charge on any atom is -0.506 e. The highest BCUT2D eigenvalue weighted by atomic mass is 32.2. The molecule has 0 atom stereocenters. The maximum Gasteiger partial charge on any atom is 0.344 e. The standard InChI is InChI=1S/C57H59N13O11S/c1-4-80-55(77)49-50(75)45(82-54(49)64-38-8-6-5-7-9-38)27-34-10-19-44(43(71)26-34)81-25-24-58-46(72)32-69(2)48(74)33-70(3)47(73)31-63-53(76)37-28-41(67-56(78)65-39-15-11-35(12-16-39)51-59-20-21-60-51)30-42(29-37)68-57(79)66-40-17-13-36(14-18-40)52-61-22-23-62-52/h5-19,26-30,71,75H,4,20-25,31-33H2,1-3H3,(H,58,72)(H,59,60)(H,61,62)(H,63,76)(H2,65,67,78)(H2,66,68,79)/b45-27-,64-54?. The van der Waals surface area contributed by atoms with Crippen LogP contribution < -0.4 is 47.3 Å². The molecule has 424 valence electrons. The fourth-order valence-electron chi connectivity index (χ4n) is 8.12. The van der Waals surface area contributed by atoms with Gasteiger partial charge in [-0.3, -0.25) is 29.2 Å². The quantitative estimate of drug-likeness (QED) is 0.0324. The number of aliphatic imine (C=N–C) groups is 3. The van der Waals surface area contributed by atoms with Crippen molar-refractivity contribution in [3.8, 4) is 11.5 Å². The third-order valence-electron chi connectivity index (χ3n) is 12.2. The maximum absolute atomic E-state index is 13.6. The van der Waals surface area contributed by atoms with Gasteiger partial charge in [0.25, 0.3) is 5.91 Å². The monoisotopic (exact) mass is 1130 g/mol. The van der Waals surface area contributed by atoms with Gasteiger partial charge in [-0.2, -0.15) is 0 Å². The molecule has 0 saturated heterocycles. The molecule has 0 aromatic heterocycles. The number of phenolic OH excluding ortho intramolecular Hbond substituents is 1. The Kier molecular flexibility index (Phi) is 19.5. The number of urea groups is 2. The molecule has 5 aromatic carbocycles. The van der Waals surface area contributed by atoms with E-state index in [1.54, 1.807) is 67.6 Å². The van der Waals surface area contributed by atoms with Gasteiger partial charge < -0.3 is 72.0 Å². The average molecular weight is 1130 g/mol. The molecule has 8 amide bonds. The summed E-state index contributed by atoms with van der Waals surface area (Å²) in [5.74, 6) is -2.13. The third kappa shape index (κ3) is 16.0. The van der Waals surface area contributed by atoms with Gasteiger partial charge in [0.15, 0.2) is 11.5 Å². The number of aliphatic hydroxyl groups is 1. The summed E-state index contributed by atoms with van der Waals surface area (Å²) in [6, 6.07) is 30.4. The number of rotatable bonds is 21. The normalized spacial score (nSPS) is 14.4. The van der Waals surface area contributed by atoms with E-state index in [0.29, 0.717) is 40.6 Å². The Hall–Kier alpha value is -10.2. The Morgan fingerprint density at radius 2 is 1.28 bits per heavy atom. The van der Waals surface area contributed by atoms with Gasteiger partial charge in [-0.05, 0) is 110 Å². The van der Waals surface area contributed by atoms with Crippen LogP contribution in [0.3, 0.4) is 0 Å². The predicted octanol–water partition coefficient (Wildman–Crippen LogP) is 5.41. The molecular formula is C57H59N13O11S. The molecule has 0 saturated carbocycles. The smallest absolute Gasteiger partial charge is 0.344 e. The number of aliphatic hydroxyl groups excluding tert-OH is 1. The van der Waals surface area contributed by atoms with Crippen molar-refractivity contribution in [1.29, 1.82) is 0 Å². The number of anilines is 4. The highest BCUT2D eigenvalue weighted by Crippen LogP contribution is 2.41. The van der Waals surface area contributed by atoms with Crippen LogP contribution in [0.1, 0.15) is 34.0 Å². The number of phenols is 1. The molecule has 0 aliphatic carbocycles. The van der Waals surface area contributed by atoms with Crippen LogP contribution in [0.2, 0.25) is 0 Å². The Morgan fingerprint density at radius 1 is 0.695 bits per heavy atom. The maximum atomic E-state index is 13.6. The summed E-state index contributed by atoms with van der Waals surface area (Å²) in [5.41, 5.74) is 3.87. The lowest BCUT2D eigenvalue weighted by atomic mass is 10.1. The van der Waals surface area contributed by atoms with Crippen LogP contribution >= 0.6 is 11.8 Å². The third-order valence-corrected chi connectivity index (χ3v) is 13.2. The van der Waals surface area contributed by atoms with E-state index < -0.39 is 54.7 Å². The Bertz CT molecular complexity index is 3300. The molecule has 3 aliphatic rings. The van der Waals surface area contributed by atoms with Crippen LogP contribution in [-0.2, 0) is 23.9 Å². The van der Waals surface area contributed by atoms with Gasteiger partial charge in [0, 0.05) is 66.6 Å². The average Bonchev–Trinajstić information content (AvgIpc) is 4.29. The van der Waals surface area contributed by atoms with E-state index in [1.165, 1.54) is 44.4 Å². The molecule has 3 heterocycles. The number of likely N-dealkylation sites (N-methyl/N-ethyl adjacent to an activating group) is 2. The number of carbonyl (C=O) groups excluding carboxylic acids is 7. The van der Waals surface area contributed by atoms with Crippen molar-refractivity contribution in [3.63, 3.8) is 0 Å². The van der Waals surface area contributed by atoms with E-state index in [9.17, 15) is 43.8 Å². The molecular weight excluding hydrogens is 1070 g/mol. The fourth-order valence-corrected chi connectivity index (χ4v) is 9.16. The first kappa shape index (κ1) is 58.0. The summed E-state index contributed by atoms with van der Waals surface area (Å²) < 4.78 is 10.8. The van der Waals surface area contributed by atoms with E-state index in [0.717, 1.165) is 57.4 Å². The zero-order valence-electron chi connectivity index (χ0n) is 44.8. The number of thioether (sulfide) groups is 1. The number of nitrogens with zero attached hydrogens (tertiary/aromatic N) is 5. The Balaban J connectivity index is 0.800. The number of carbonyl (C=O) groups is 7. The van der Waals surface area contributed by atoms with Crippen LogP contribution in [0, 0.1) is 0 Å². The van der Waals surface area contributed by atoms with Crippen molar-refractivity contribution in [2.45, 2.75) is 6.92 Å². The van der Waals surface area contributed by atoms with Crippen LogP contribution in [0.25, 0.3) is 6.08 Å². The summed E-state index contributed by atoms with van der Waals surface area (Å²) in [6.07, 6.45) is 1.57. The molecule has 0 radical (unpaired) electrons. The van der Waals surface area contributed by atoms with Crippen molar-refractivity contribution in [1.82, 2.24) is 31.1 Å². The molecule has 8 rings (SSSR count). The summed E-state index contributed by atoms with van der Waals surface area (Å²) in [4.78, 5) is 108. The predicted molar refractivity (Wildman–Crippen MR) is 313 cm³/mol. The molecule has 3 aliphatic heterocycles. The molecule has 25 heteroatoms. The molecule has 0 unspecified atom stereocenters. The van der Waals surface area contributed by atoms with Gasteiger partial charge in [-0.25, -0.2) is 19.4 Å². The number of para-hydroxylation sites is 1. The second-order valence-corrected chi connectivity index (χ2v) is 19.4. The molecule has 82 heavy (non-hydrogen) atoms. The first-order chi connectivity index (χ1) is 39.6. The molecule has 0 spiro atoms. The Morgan fingerprint density at radius 3 is 1.84 bits per heavy atom. The van der Waals surface area contributed by atoms with Gasteiger partial charge in [0.2, 0.25) is 17.7 Å². The Labute approximate surface area is 475 Å². The zero-order chi connectivity index (χ0) is 58.1. The summed E-state index contributed by atoms with van der Waals surface area (Å²) in [6.45, 7) is 3.20. The largest absolute Gasteiger partial charge is 0.506 e. The van der Waals surface area contributed by atoms with Gasteiger partial charge in [0.1, 0.15) is 34.7 Å². The molecule has 0 bridgehead atoms. The van der Waals surface area contributed by atoms with Crippen molar-refractivity contribution in [3.05, 3.63) is 154 Å². The number of benzene rings is 5.